The number of amides is 1. The third kappa shape index (κ3) is 6.38. The van der Waals surface area contributed by atoms with Crippen molar-refractivity contribution in [3.8, 4) is 0 Å². The second kappa shape index (κ2) is 7.28. The van der Waals surface area contributed by atoms with Crippen LogP contribution < -0.4 is 5.73 Å². The lowest BCUT2D eigenvalue weighted by Crippen LogP contribution is -2.27. The molecule has 0 fully saturated rings. The van der Waals surface area contributed by atoms with Gasteiger partial charge in [0, 0.05) is 6.61 Å². The van der Waals surface area contributed by atoms with Gasteiger partial charge in [0.1, 0.15) is 0 Å². The smallest absolute Gasteiger partial charge is 0.304 e. The molecule has 0 aliphatic carbocycles. The number of carbonyl (C=O) groups excluding carboxylic acids is 1. The lowest BCUT2D eigenvalue weighted by atomic mass is 10.0. The summed E-state index contributed by atoms with van der Waals surface area (Å²) >= 11 is 0. The van der Waals surface area contributed by atoms with Crippen LogP contribution in [0.4, 0.5) is 0 Å². The minimum absolute atomic E-state index is 0.0971. The van der Waals surface area contributed by atoms with Crippen molar-refractivity contribution in [3.63, 3.8) is 0 Å². The number of carboxylic acid groups (broad SMARTS) is 1. The molecule has 1 unspecified atom stereocenters. The molecule has 0 spiro atoms. The predicted molar refractivity (Wildman–Crippen MR) is 47.5 cm³/mol. The van der Waals surface area contributed by atoms with E-state index in [2.05, 4.69) is 0 Å². The minimum atomic E-state index is -1.06. The van der Waals surface area contributed by atoms with Crippen LogP contribution in [0.5, 0.6) is 0 Å². The Morgan fingerprint density at radius 3 is 2.43 bits per heavy atom. The standard InChI is InChI=1S/C8H15NO5/c9-8(13)6(5-7(11)12)1-3-14-4-2-10/h6,10H,1-5H2,(H2,9,13)(H,11,12). The van der Waals surface area contributed by atoms with Gasteiger partial charge in [-0.3, -0.25) is 9.59 Å². The Morgan fingerprint density at radius 1 is 1.36 bits per heavy atom. The molecule has 0 bridgehead atoms. The molecule has 4 N–H and O–H groups in total. The second-order valence-electron chi connectivity index (χ2n) is 2.82. The summed E-state index contributed by atoms with van der Waals surface area (Å²) in [6, 6.07) is 0. The van der Waals surface area contributed by atoms with Gasteiger partial charge in [0.05, 0.1) is 25.6 Å². The van der Waals surface area contributed by atoms with Crippen molar-refractivity contribution in [2.45, 2.75) is 12.8 Å². The first kappa shape index (κ1) is 12.9. The number of aliphatic hydroxyl groups is 1. The maximum Gasteiger partial charge on any atom is 0.304 e. The zero-order valence-electron chi connectivity index (χ0n) is 7.81. The maximum absolute atomic E-state index is 10.8. The fraction of sp³-hybridized carbons (Fsp3) is 0.750. The van der Waals surface area contributed by atoms with Crippen LogP contribution in [0.2, 0.25) is 0 Å². The molecule has 0 aromatic rings. The van der Waals surface area contributed by atoms with Crippen molar-refractivity contribution < 1.29 is 24.5 Å². The van der Waals surface area contributed by atoms with E-state index in [1.54, 1.807) is 0 Å². The lowest BCUT2D eigenvalue weighted by Gasteiger charge is -2.10. The quantitative estimate of drug-likeness (QED) is 0.438. The van der Waals surface area contributed by atoms with Gasteiger partial charge in [0.2, 0.25) is 5.91 Å². The van der Waals surface area contributed by atoms with E-state index in [1.165, 1.54) is 0 Å². The van der Waals surface area contributed by atoms with Crippen LogP contribution in [-0.2, 0) is 14.3 Å². The fourth-order valence-corrected chi connectivity index (χ4v) is 0.948. The first-order valence-electron chi connectivity index (χ1n) is 4.27. The molecule has 0 saturated carbocycles. The van der Waals surface area contributed by atoms with Crippen LogP contribution in [0.1, 0.15) is 12.8 Å². The minimum Gasteiger partial charge on any atom is -0.481 e. The highest BCUT2D eigenvalue weighted by molar-refractivity contribution is 5.81. The van der Waals surface area contributed by atoms with Gasteiger partial charge in [0.25, 0.3) is 0 Å². The van der Waals surface area contributed by atoms with Gasteiger partial charge in [-0.25, -0.2) is 0 Å². The Labute approximate surface area is 81.7 Å². The van der Waals surface area contributed by atoms with Gasteiger partial charge < -0.3 is 20.7 Å². The summed E-state index contributed by atoms with van der Waals surface area (Å²) in [5.41, 5.74) is 4.99. The van der Waals surface area contributed by atoms with Crippen LogP contribution in [0.25, 0.3) is 0 Å². The van der Waals surface area contributed by atoms with E-state index in [4.69, 9.17) is 20.7 Å². The highest BCUT2D eigenvalue weighted by Gasteiger charge is 2.18. The molecule has 14 heavy (non-hydrogen) atoms. The molecule has 0 saturated heterocycles. The van der Waals surface area contributed by atoms with E-state index < -0.39 is 17.8 Å². The molecule has 6 heteroatoms. The van der Waals surface area contributed by atoms with E-state index in [9.17, 15) is 9.59 Å². The molecule has 6 nitrogen and oxygen atoms in total. The zero-order valence-corrected chi connectivity index (χ0v) is 7.81. The monoisotopic (exact) mass is 205 g/mol. The molecule has 0 aromatic carbocycles. The van der Waals surface area contributed by atoms with Crippen LogP contribution in [0.15, 0.2) is 0 Å². The Kier molecular flexibility index (Phi) is 6.69. The Hall–Kier alpha value is -1.14. The number of aliphatic carboxylic acids is 1. The number of carbonyl (C=O) groups is 2. The largest absolute Gasteiger partial charge is 0.481 e. The first-order chi connectivity index (χ1) is 6.57. The van der Waals surface area contributed by atoms with Crippen molar-refractivity contribution in [1.82, 2.24) is 0 Å². The average Bonchev–Trinajstić information content (AvgIpc) is 2.09. The van der Waals surface area contributed by atoms with Crippen molar-refractivity contribution in [3.05, 3.63) is 0 Å². The summed E-state index contributed by atoms with van der Waals surface area (Å²) in [4.78, 5) is 21.1. The van der Waals surface area contributed by atoms with Crippen molar-refractivity contribution in [1.29, 1.82) is 0 Å². The van der Waals surface area contributed by atoms with Crippen LogP contribution >= 0.6 is 0 Å². The zero-order chi connectivity index (χ0) is 11.0. The third-order valence-corrected chi connectivity index (χ3v) is 1.67. The number of hydrogen-bond donors (Lipinski definition) is 3. The number of carboxylic acids is 1. The molecular formula is C8H15NO5. The van der Waals surface area contributed by atoms with E-state index >= 15 is 0 Å². The number of aliphatic hydroxyl groups excluding tert-OH is 1. The summed E-state index contributed by atoms with van der Waals surface area (Å²) in [5.74, 6) is -2.40. The van der Waals surface area contributed by atoms with Gasteiger partial charge in [-0.2, -0.15) is 0 Å². The molecule has 0 radical (unpaired) electrons. The molecule has 0 heterocycles. The van der Waals surface area contributed by atoms with Gasteiger partial charge in [-0.05, 0) is 6.42 Å². The van der Waals surface area contributed by atoms with E-state index in [0.29, 0.717) is 0 Å². The van der Waals surface area contributed by atoms with E-state index in [-0.39, 0.29) is 32.7 Å². The van der Waals surface area contributed by atoms with E-state index in [0.717, 1.165) is 0 Å². The number of hydrogen-bond acceptors (Lipinski definition) is 4. The fourth-order valence-electron chi connectivity index (χ4n) is 0.948. The van der Waals surface area contributed by atoms with E-state index in [1.807, 2.05) is 0 Å². The molecule has 1 amide bonds. The summed E-state index contributed by atoms with van der Waals surface area (Å²) in [5, 5.41) is 16.8. The first-order valence-corrected chi connectivity index (χ1v) is 4.27. The Morgan fingerprint density at radius 2 is 2.00 bits per heavy atom. The number of ether oxygens (including phenoxy) is 1. The highest BCUT2D eigenvalue weighted by Crippen LogP contribution is 2.07. The van der Waals surface area contributed by atoms with Crippen LogP contribution in [-0.4, -0.2) is 41.9 Å². The SMILES string of the molecule is NC(=O)C(CCOCCO)CC(=O)O. The summed E-state index contributed by atoms with van der Waals surface area (Å²) in [6.45, 7) is 0.306. The van der Waals surface area contributed by atoms with Gasteiger partial charge in [-0.1, -0.05) is 0 Å². The molecule has 0 aliphatic heterocycles. The molecular weight excluding hydrogens is 190 g/mol. The maximum atomic E-state index is 10.8. The normalized spacial score (nSPS) is 12.4. The number of nitrogens with two attached hydrogens (primary N) is 1. The van der Waals surface area contributed by atoms with Crippen molar-refractivity contribution in [2.24, 2.45) is 11.7 Å². The van der Waals surface area contributed by atoms with Crippen molar-refractivity contribution in [2.75, 3.05) is 19.8 Å². The molecule has 82 valence electrons. The summed E-state index contributed by atoms with van der Waals surface area (Å²) < 4.78 is 4.89. The lowest BCUT2D eigenvalue weighted by molar-refractivity contribution is -0.140. The topological polar surface area (TPSA) is 110 Å². The average molecular weight is 205 g/mol. The summed E-state index contributed by atoms with van der Waals surface area (Å²) in [6.07, 6.45) is -0.0144. The van der Waals surface area contributed by atoms with Gasteiger partial charge in [0.15, 0.2) is 0 Å². The molecule has 0 aliphatic rings. The number of rotatable bonds is 8. The van der Waals surface area contributed by atoms with Gasteiger partial charge >= 0.3 is 5.97 Å². The predicted octanol–water partition coefficient (Wildman–Crippen LogP) is -1.04. The molecule has 1 atom stereocenters. The second-order valence-corrected chi connectivity index (χ2v) is 2.82. The molecule has 0 rings (SSSR count). The van der Waals surface area contributed by atoms with Crippen molar-refractivity contribution >= 4 is 11.9 Å². The van der Waals surface area contributed by atoms with Crippen LogP contribution in [0.3, 0.4) is 0 Å². The Bertz CT molecular complexity index is 194. The highest BCUT2D eigenvalue weighted by atomic mass is 16.5. The summed E-state index contributed by atoms with van der Waals surface area (Å²) in [7, 11) is 0. The Balaban J connectivity index is 3.74. The molecule has 0 aromatic heterocycles. The third-order valence-electron chi connectivity index (χ3n) is 1.67. The van der Waals surface area contributed by atoms with Gasteiger partial charge in [-0.15, -0.1) is 0 Å². The number of primary amides is 1. The van der Waals surface area contributed by atoms with Crippen LogP contribution in [0, 0.1) is 5.92 Å².